The lowest BCUT2D eigenvalue weighted by Crippen LogP contribution is -2.49. The van der Waals surface area contributed by atoms with Crippen LogP contribution < -0.4 is 0 Å². The van der Waals surface area contributed by atoms with E-state index < -0.39 is 0 Å². The van der Waals surface area contributed by atoms with Gasteiger partial charge in [0, 0.05) is 32.7 Å². The van der Waals surface area contributed by atoms with E-state index in [0.29, 0.717) is 32.8 Å². The van der Waals surface area contributed by atoms with Gasteiger partial charge in [0.15, 0.2) is 0 Å². The topological polar surface area (TPSA) is 59.1 Å². The highest BCUT2D eigenvalue weighted by Gasteiger charge is 2.21. The monoisotopic (exact) mass is 285 g/mol. The highest BCUT2D eigenvalue weighted by molar-refractivity contribution is 5.67. The highest BCUT2D eigenvalue weighted by atomic mass is 16.6. The fourth-order valence-electron chi connectivity index (χ4n) is 2.15. The summed E-state index contributed by atoms with van der Waals surface area (Å²) in [5, 5.41) is 0. The second kappa shape index (κ2) is 10.5. The zero-order chi connectivity index (χ0) is 14.6. The minimum absolute atomic E-state index is 0.210. The molecule has 115 valence electrons. The number of ether oxygens (including phenoxy) is 2. The standard InChI is InChI=1S/C14H25N2O4/c1-2-3-4-5-11-20-14(18)16-8-6-15(7-9-16)10-12-19-13-17/h2-12H2,1H3. The third-order valence-electron chi connectivity index (χ3n) is 3.42. The molecule has 1 rings (SSSR count). The fourth-order valence-corrected chi connectivity index (χ4v) is 2.15. The normalized spacial score (nSPS) is 15.9. The number of piperazine rings is 1. The van der Waals surface area contributed by atoms with E-state index in [1.807, 2.05) is 0 Å². The second-order valence-electron chi connectivity index (χ2n) is 4.94. The van der Waals surface area contributed by atoms with Crippen molar-refractivity contribution in [2.75, 3.05) is 45.9 Å². The average molecular weight is 285 g/mol. The van der Waals surface area contributed by atoms with Gasteiger partial charge in [0.25, 0.3) is 0 Å². The summed E-state index contributed by atoms with van der Waals surface area (Å²) in [7, 11) is 0. The van der Waals surface area contributed by atoms with E-state index in [4.69, 9.17) is 4.74 Å². The molecule has 1 aliphatic rings. The summed E-state index contributed by atoms with van der Waals surface area (Å²) in [6.45, 7) is 8.03. The van der Waals surface area contributed by atoms with Crippen LogP contribution in [0.5, 0.6) is 0 Å². The van der Waals surface area contributed by atoms with E-state index in [1.165, 1.54) is 19.3 Å². The van der Waals surface area contributed by atoms with Gasteiger partial charge in [-0.05, 0) is 6.42 Å². The molecule has 0 aromatic heterocycles. The van der Waals surface area contributed by atoms with Crippen LogP contribution in [0.1, 0.15) is 32.6 Å². The summed E-state index contributed by atoms with van der Waals surface area (Å²) in [4.78, 5) is 25.6. The lowest BCUT2D eigenvalue weighted by molar-refractivity contribution is 0.0710. The van der Waals surface area contributed by atoms with Crippen LogP contribution in [0.2, 0.25) is 0 Å². The number of hydrogen-bond acceptors (Lipinski definition) is 5. The first-order valence-corrected chi connectivity index (χ1v) is 7.41. The minimum atomic E-state index is -0.210. The first-order valence-electron chi connectivity index (χ1n) is 7.41. The molecule has 1 amide bonds. The van der Waals surface area contributed by atoms with Crippen molar-refractivity contribution >= 4 is 12.6 Å². The summed E-state index contributed by atoms with van der Waals surface area (Å²) in [5.74, 6) is 0. The summed E-state index contributed by atoms with van der Waals surface area (Å²) in [5.41, 5.74) is 0. The quantitative estimate of drug-likeness (QED) is 0.599. The van der Waals surface area contributed by atoms with Gasteiger partial charge in [-0.15, -0.1) is 0 Å². The average Bonchev–Trinajstić information content (AvgIpc) is 2.48. The van der Waals surface area contributed by atoms with E-state index >= 15 is 0 Å². The summed E-state index contributed by atoms with van der Waals surface area (Å²) >= 11 is 0. The largest absolute Gasteiger partial charge is 0.456 e. The fraction of sp³-hybridized carbons (Fsp3) is 0.857. The Morgan fingerprint density at radius 3 is 2.50 bits per heavy atom. The Morgan fingerprint density at radius 1 is 1.10 bits per heavy atom. The maximum absolute atomic E-state index is 11.8. The number of carbonyl (C=O) groups is 1. The first kappa shape index (κ1) is 16.8. The Morgan fingerprint density at radius 2 is 1.85 bits per heavy atom. The third-order valence-corrected chi connectivity index (χ3v) is 3.42. The molecule has 1 aliphatic heterocycles. The van der Waals surface area contributed by atoms with Crippen molar-refractivity contribution in [1.29, 1.82) is 0 Å². The number of rotatable bonds is 9. The third kappa shape index (κ3) is 6.75. The molecule has 0 spiro atoms. The maximum Gasteiger partial charge on any atom is 0.417 e. The van der Waals surface area contributed by atoms with Gasteiger partial charge in [0.05, 0.1) is 6.61 Å². The molecule has 6 nitrogen and oxygen atoms in total. The van der Waals surface area contributed by atoms with Crippen LogP contribution in [-0.4, -0.2) is 68.3 Å². The van der Waals surface area contributed by atoms with Gasteiger partial charge >= 0.3 is 12.6 Å². The predicted octanol–water partition coefficient (Wildman–Crippen LogP) is 1.40. The predicted molar refractivity (Wildman–Crippen MR) is 75.1 cm³/mol. The molecule has 0 saturated carbocycles. The van der Waals surface area contributed by atoms with Crippen molar-refractivity contribution in [2.24, 2.45) is 0 Å². The van der Waals surface area contributed by atoms with Crippen molar-refractivity contribution in [3.8, 4) is 0 Å². The molecular formula is C14H25N2O4. The molecule has 0 aromatic rings. The smallest absolute Gasteiger partial charge is 0.417 e. The van der Waals surface area contributed by atoms with Crippen LogP contribution in [-0.2, 0) is 14.3 Å². The van der Waals surface area contributed by atoms with Crippen molar-refractivity contribution in [1.82, 2.24) is 9.80 Å². The molecule has 0 aromatic carbocycles. The van der Waals surface area contributed by atoms with Crippen LogP contribution in [0.15, 0.2) is 0 Å². The molecule has 0 unspecified atom stereocenters. The molecule has 6 heteroatoms. The number of nitrogens with zero attached hydrogens (tertiary/aromatic N) is 2. The van der Waals surface area contributed by atoms with E-state index in [0.717, 1.165) is 25.9 Å². The molecular weight excluding hydrogens is 260 g/mol. The van der Waals surface area contributed by atoms with Gasteiger partial charge in [-0.3, -0.25) is 4.90 Å². The van der Waals surface area contributed by atoms with Crippen LogP contribution >= 0.6 is 0 Å². The zero-order valence-electron chi connectivity index (χ0n) is 12.3. The molecule has 0 aliphatic carbocycles. The Bertz CT molecular complexity index is 278. The molecule has 0 atom stereocenters. The van der Waals surface area contributed by atoms with Gasteiger partial charge in [0.2, 0.25) is 0 Å². The van der Waals surface area contributed by atoms with Crippen molar-refractivity contribution in [3.05, 3.63) is 0 Å². The van der Waals surface area contributed by atoms with E-state index in [9.17, 15) is 9.59 Å². The van der Waals surface area contributed by atoms with Gasteiger partial charge < -0.3 is 14.4 Å². The second-order valence-corrected chi connectivity index (χ2v) is 4.94. The van der Waals surface area contributed by atoms with Crippen LogP contribution in [0, 0.1) is 0 Å². The lowest BCUT2D eigenvalue weighted by atomic mass is 10.2. The van der Waals surface area contributed by atoms with Gasteiger partial charge in [-0.2, -0.15) is 0 Å². The molecule has 0 N–H and O–H groups in total. The lowest BCUT2D eigenvalue weighted by Gasteiger charge is -2.33. The maximum atomic E-state index is 11.8. The molecule has 1 radical (unpaired) electrons. The van der Waals surface area contributed by atoms with Gasteiger partial charge in [-0.1, -0.05) is 26.2 Å². The van der Waals surface area contributed by atoms with Crippen LogP contribution in [0.4, 0.5) is 4.79 Å². The highest BCUT2D eigenvalue weighted by Crippen LogP contribution is 2.05. The van der Waals surface area contributed by atoms with E-state index in [-0.39, 0.29) is 6.09 Å². The van der Waals surface area contributed by atoms with Crippen molar-refractivity contribution < 1.29 is 19.1 Å². The summed E-state index contributed by atoms with van der Waals surface area (Å²) in [6.07, 6.45) is 4.22. The Kier molecular flexibility index (Phi) is 8.78. The van der Waals surface area contributed by atoms with Crippen LogP contribution in [0.25, 0.3) is 0 Å². The Balaban J connectivity index is 2.07. The van der Waals surface area contributed by atoms with Crippen molar-refractivity contribution in [3.63, 3.8) is 0 Å². The molecule has 1 fully saturated rings. The molecule has 1 saturated heterocycles. The SMILES string of the molecule is CCCCCCOC(=O)N1CCN(CCO[C]=O)CC1. The summed E-state index contributed by atoms with van der Waals surface area (Å²) < 4.78 is 9.80. The zero-order valence-corrected chi connectivity index (χ0v) is 12.3. The number of carbonyl (C=O) groups excluding carboxylic acids is 2. The van der Waals surface area contributed by atoms with E-state index in [2.05, 4.69) is 16.6 Å². The number of amides is 1. The van der Waals surface area contributed by atoms with Crippen LogP contribution in [0.3, 0.4) is 0 Å². The van der Waals surface area contributed by atoms with Gasteiger partial charge in [0.1, 0.15) is 6.61 Å². The number of hydrogen-bond donors (Lipinski definition) is 0. The molecule has 20 heavy (non-hydrogen) atoms. The summed E-state index contributed by atoms with van der Waals surface area (Å²) in [6, 6.07) is 0. The Labute approximate surface area is 121 Å². The van der Waals surface area contributed by atoms with Gasteiger partial charge in [-0.25, -0.2) is 9.59 Å². The Hall–Kier alpha value is -1.30. The van der Waals surface area contributed by atoms with Crippen molar-refractivity contribution in [2.45, 2.75) is 32.6 Å². The number of unbranched alkanes of at least 4 members (excludes halogenated alkanes) is 3. The first-order chi connectivity index (χ1) is 9.77. The van der Waals surface area contributed by atoms with E-state index in [1.54, 1.807) is 4.90 Å². The minimum Gasteiger partial charge on any atom is -0.456 e. The molecule has 0 bridgehead atoms. The molecule has 1 heterocycles.